The number of benzene rings is 1. The second-order valence-electron chi connectivity index (χ2n) is 2.79. The van der Waals surface area contributed by atoms with Crippen LogP contribution in [0.4, 0.5) is 5.69 Å². The van der Waals surface area contributed by atoms with Crippen molar-refractivity contribution in [1.29, 1.82) is 0 Å². The monoisotopic (exact) mass is 174 g/mol. The van der Waals surface area contributed by atoms with Gasteiger partial charge in [0.25, 0.3) is 0 Å². The summed E-state index contributed by atoms with van der Waals surface area (Å²) in [5.74, 6) is 0. The molecule has 0 amide bonds. The second kappa shape index (κ2) is 2.90. The van der Waals surface area contributed by atoms with Crippen LogP contribution in [0.25, 0.3) is 11.0 Å². The zero-order valence-electron chi connectivity index (χ0n) is 7.14. The van der Waals surface area contributed by atoms with Crippen molar-refractivity contribution in [2.75, 3.05) is 5.73 Å². The maximum absolute atomic E-state index is 5.61. The molecule has 0 radical (unpaired) electrons. The van der Waals surface area contributed by atoms with Gasteiger partial charge in [0, 0.05) is 5.69 Å². The summed E-state index contributed by atoms with van der Waals surface area (Å²) < 4.78 is 0. The molecule has 4 nitrogen and oxygen atoms in total. The normalized spacial score (nSPS) is 10.5. The molecule has 2 rings (SSSR count). The van der Waals surface area contributed by atoms with E-state index in [-0.39, 0.29) is 0 Å². The minimum absolute atomic E-state index is 0.620. The molecule has 66 valence electrons. The number of nitrogen functional groups attached to an aromatic ring is 1. The van der Waals surface area contributed by atoms with Crippen LogP contribution in [-0.2, 0) is 6.54 Å². The summed E-state index contributed by atoms with van der Waals surface area (Å²) in [6, 6.07) is 5.48. The Labute approximate surface area is 75.7 Å². The van der Waals surface area contributed by atoms with Crippen LogP contribution in [0.1, 0.15) is 0 Å². The fourth-order valence-electron chi connectivity index (χ4n) is 1.17. The lowest BCUT2D eigenvalue weighted by Crippen LogP contribution is -1.98. The van der Waals surface area contributed by atoms with Crippen molar-refractivity contribution < 1.29 is 0 Å². The van der Waals surface area contributed by atoms with Gasteiger partial charge in [-0.3, -0.25) is 0 Å². The molecule has 2 N–H and O–H groups in total. The van der Waals surface area contributed by atoms with Gasteiger partial charge in [-0.25, -0.2) is 0 Å². The Kier molecular flexibility index (Phi) is 1.73. The van der Waals surface area contributed by atoms with E-state index >= 15 is 0 Å². The van der Waals surface area contributed by atoms with E-state index in [1.165, 1.54) is 0 Å². The molecule has 0 aliphatic carbocycles. The zero-order valence-corrected chi connectivity index (χ0v) is 7.14. The molecule has 0 fully saturated rings. The first kappa shape index (κ1) is 7.79. The fourth-order valence-corrected chi connectivity index (χ4v) is 1.17. The number of rotatable bonds is 2. The maximum Gasteiger partial charge on any atom is 0.115 e. The average Bonchev–Trinajstić information content (AvgIpc) is 2.46. The Bertz CT molecular complexity index is 444. The smallest absolute Gasteiger partial charge is 0.115 e. The van der Waals surface area contributed by atoms with Gasteiger partial charge in [-0.05, 0) is 18.2 Å². The van der Waals surface area contributed by atoms with Gasteiger partial charge >= 0.3 is 0 Å². The molecule has 1 aromatic heterocycles. The highest BCUT2D eigenvalue weighted by molar-refractivity contribution is 5.77. The third kappa shape index (κ3) is 1.38. The number of fused-ring (bicyclic) bond motifs is 1. The van der Waals surface area contributed by atoms with Crippen LogP contribution in [-0.4, -0.2) is 15.0 Å². The molecule has 0 saturated carbocycles. The van der Waals surface area contributed by atoms with E-state index in [4.69, 9.17) is 5.73 Å². The molecule has 0 unspecified atom stereocenters. The Morgan fingerprint density at radius 2 is 2.15 bits per heavy atom. The lowest BCUT2D eigenvalue weighted by atomic mass is 10.3. The number of hydrogen-bond acceptors (Lipinski definition) is 3. The molecule has 4 heteroatoms. The summed E-state index contributed by atoms with van der Waals surface area (Å²) in [5.41, 5.74) is 8.00. The quantitative estimate of drug-likeness (QED) is 0.549. The van der Waals surface area contributed by atoms with Gasteiger partial charge in [0.15, 0.2) is 0 Å². The van der Waals surface area contributed by atoms with Gasteiger partial charge in [-0.1, -0.05) is 6.08 Å². The summed E-state index contributed by atoms with van der Waals surface area (Å²) in [7, 11) is 0. The highest BCUT2D eigenvalue weighted by Crippen LogP contribution is 2.12. The molecule has 1 heterocycles. The average molecular weight is 174 g/mol. The van der Waals surface area contributed by atoms with Crippen molar-refractivity contribution in [2.45, 2.75) is 6.54 Å². The molecule has 0 aliphatic heterocycles. The van der Waals surface area contributed by atoms with E-state index in [9.17, 15) is 0 Å². The molecular weight excluding hydrogens is 164 g/mol. The van der Waals surface area contributed by atoms with Gasteiger partial charge in [-0.15, -0.1) is 6.58 Å². The number of anilines is 1. The van der Waals surface area contributed by atoms with Crippen LogP contribution in [0.5, 0.6) is 0 Å². The first-order chi connectivity index (χ1) is 6.29. The second-order valence-corrected chi connectivity index (χ2v) is 2.79. The Balaban J connectivity index is 2.55. The molecule has 0 atom stereocenters. The Hall–Kier alpha value is -1.84. The fraction of sp³-hybridized carbons (Fsp3) is 0.111. The zero-order chi connectivity index (χ0) is 9.26. The van der Waals surface area contributed by atoms with E-state index in [2.05, 4.69) is 16.8 Å². The molecule has 2 aromatic rings. The number of allylic oxidation sites excluding steroid dienone is 1. The standard InChI is InChI=1S/C9H10N4/c1-2-5-13-11-8-4-3-7(10)6-9(8)12-13/h2-4,6H,1,5,10H2. The van der Waals surface area contributed by atoms with Crippen molar-refractivity contribution in [3.8, 4) is 0 Å². The van der Waals surface area contributed by atoms with E-state index in [1.54, 1.807) is 10.9 Å². The Morgan fingerprint density at radius 1 is 1.38 bits per heavy atom. The first-order valence-electron chi connectivity index (χ1n) is 4.01. The highest BCUT2D eigenvalue weighted by Gasteiger charge is 2.00. The van der Waals surface area contributed by atoms with Gasteiger partial charge in [0.05, 0.1) is 6.54 Å². The van der Waals surface area contributed by atoms with Crippen molar-refractivity contribution >= 4 is 16.7 Å². The van der Waals surface area contributed by atoms with Gasteiger partial charge < -0.3 is 5.73 Å². The SMILES string of the molecule is C=CCn1nc2ccc(N)cc2n1. The van der Waals surface area contributed by atoms with Crippen LogP contribution < -0.4 is 5.73 Å². The topological polar surface area (TPSA) is 56.7 Å². The summed E-state index contributed by atoms with van der Waals surface area (Å²) in [6.45, 7) is 4.24. The van der Waals surface area contributed by atoms with Crippen molar-refractivity contribution in [1.82, 2.24) is 15.0 Å². The van der Waals surface area contributed by atoms with Gasteiger partial charge in [-0.2, -0.15) is 15.0 Å². The molecule has 0 aliphatic rings. The number of nitrogens with two attached hydrogens (primary N) is 1. The largest absolute Gasteiger partial charge is 0.399 e. The summed E-state index contributed by atoms with van der Waals surface area (Å²) in [5, 5.41) is 8.44. The summed E-state index contributed by atoms with van der Waals surface area (Å²) in [6.07, 6.45) is 1.75. The number of hydrogen-bond donors (Lipinski definition) is 1. The number of aromatic nitrogens is 3. The predicted molar refractivity (Wildman–Crippen MR) is 52.1 cm³/mol. The lowest BCUT2D eigenvalue weighted by Gasteiger charge is -1.88. The van der Waals surface area contributed by atoms with Crippen LogP contribution >= 0.6 is 0 Å². The molecule has 0 bridgehead atoms. The lowest BCUT2D eigenvalue weighted by molar-refractivity contribution is 0.612. The highest BCUT2D eigenvalue weighted by atomic mass is 15.5. The minimum atomic E-state index is 0.620. The van der Waals surface area contributed by atoms with Crippen LogP contribution in [0.3, 0.4) is 0 Å². The third-order valence-electron chi connectivity index (χ3n) is 1.74. The molecular formula is C9H10N4. The predicted octanol–water partition coefficient (Wildman–Crippen LogP) is 1.20. The van der Waals surface area contributed by atoms with Crippen molar-refractivity contribution in [3.63, 3.8) is 0 Å². The maximum atomic E-state index is 5.61. The van der Waals surface area contributed by atoms with E-state index < -0.39 is 0 Å². The van der Waals surface area contributed by atoms with Crippen molar-refractivity contribution in [3.05, 3.63) is 30.9 Å². The molecule has 1 aromatic carbocycles. The van der Waals surface area contributed by atoms with Crippen molar-refractivity contribution in [2.24, 2.45) is 0 Å². The van der Waals surface area contributed by atoms with E-state index in [0.717, 1.165) is 11.0 Å². The van der Waals surface area contributed by atoms with E-state index in [0.29, 0.717) is 12.2 Å². The van der Waals surface area contributed by atoms with Crippen LogP contribution in [0, 0.1) is 0 Å². The molecule has 13 heavy (non-hydrogen) atoms. The first-order valence-corrected chi connectivity index (χ1v) is 4.01. The summed E-state index contributed by atoms with van der Waals surface area (Å²) >= 11 is 0. The summed E-state index contributed by atoms with van der Waals surface area (Å²) in [4.78, 5) is 1.59. The van der Waals surface area contributed by atoms with Gasteiger partial charge in [0.2, 0.25) is 0 Å². The Morgan fingerprint density at radius 3 is 2.92 bits per heavy atom. The van der Waals surface area contributed by atoms with E-state index in [1.807, 2.05) is 18.2 Å². The van der Waals surface area contributed by atoms with Crippen LogP contribution in [0.2, 0.25) is 0 Å². The minimum Gasteiger partial charge on any atom is -0.399 e. The number of nitrogens with zero attached hydrogens (tertiary/aromatic N) is 3. The molecule has 0 saturated heterocycles. The van der Waals surface area contributed by atoms with Crippen LogP contribution in [0.15, 0.2) is 30.9 Å². The third-order valence-corrected chi connectivity index (χ3v) is 1.74. The van der Waals surface area contributed by atoms with Gasteiger partial charge in [0.1, 0.15) is 11.0 Å². The molecule has 0 spiro atoms.